The first-order valence-electron chi connectivity index (χ1n) is 5.57. The molecule has 2 aromatic carbocycles. The lowest BCUT2D eigenvalue weighted by Crippen LogP contribution is -2.08. The Morgan fingerprint density at radius 3 is 2.14 bits per heavy atom. The number of benzene rings is 2. The van der Waals surface area contributed by atoms with Gasteiger partial charge in [-0.1, -0.05) is 0 Å². The second-order valence-corrected chi connectivity index (χ2v) is 4.14. The van der Waals surface area contributed by atoms with Crippen LogP contribution in [0.3, 0.4) is 0 Å². The van der Waals surface area contributed by atoms with Gasteiger partial charge in [-0.3, -0.25) is 0 Å². The van der Waals surface area contributed by atoms with Crippen molar-refractivity contribution in [1.29, 1.82) is 0 Å². The van der Waals surface area contributed by atoms with E-state index in [4.69, 9.17) is 5.73 Å². The summed E-state index contributed by atoms with van der Waals surface area (Å²) in [6.45, 7) is 0. The van der Waals surface area contributed by atoms with E-state index < -0.39 is 40.6 Å². The van der Waals surface area contributed by atoms with Gasteiger partial charge in [0, 0.05) is 0 Å². The molecule has 2 aromatic rings. The first-order valence-corrected chi connectivity index (χ1v) is 5.57. The topological polar surface area (TPSA) is 38.0 Å². The summed E-state index contributed by atoms with van der Waals surface area (Å²) in [5, 5.41) is 2.05. The Labute approximate surface area is 115 Å². The second-order valence-electron chi connectivity index (χ2n) is 4.14. The highest BCUT2D eigenvalue weighted by molar-refractivity contribution is 5.73. The average molecular weight is 306 g/mol. The molecule has 0 atom stereocenters. The summed E-state index contributed by atoms with van der Waals surface area (Å²) in [5.74, 6) is -3.74. The number of anilines is 3. The molecule has 0 unspecified atom stereocenters. The van der Waals surface area contributed by atoms with Gasteiger partial charge in [-0.2, -0.15) is 13.2 Å². The Balaban J connectivity index is 2.47. The van der Waals surface area contributed by atoms with Crippen molar-refractivity contribution in [3.05, 3.63) is 53.3 Å². The van der Waals surface area contributed by atoms with Crippen molar-refractivity contribution in [2.45, 2.75) is 6.18 Å². The lowest BCUT2D eigenvalue weighted by atomic mass is 10.1. The van der Waals surface area contributed by atoms with Crippen LogP contribution < -0.4 is 11.1 Å². The number of rotatable bonds is 2. The second kappa shape index (κ2) is 5.19. The Hall–Kier alpha value is -2.38. The quantitative estimate of drug-likeness (QED) is 0.635. The molecule has 0 aromatic heterocycles. The lowest BCUT2D eigenvalue weighted by Gasteiger charge is -2.14. The monoisotopic (exact) mass is 306 g/mol. The number of nitrogens with two attached hydrogens (primary N) is 1. The molecular formula is C13H8F6N2. The maximum Gasteiger partial charge on any atom is 0.416 e. The molecule has 0 amide bonds. The van der Waals surface area contributed by atoms with Crippen LogP contribution in [0.15, 0.2) is 30.3 Å². The SMILES string of the molecule is Nc1ccc(F)c(F)c1Nc1cc(C(F)(F)F)ccc1F. The van der Waals surface area contributed by atoms with E-state index in [1.54, 1.807) is 0 Å². The Bertz CT molecular complexity index is 681. The van der Waals surface area contributed by atoms with Gasteiger partial charge in [0.1, 0.15) is 11.5 Å². The van der Waals surface area contributed by atoms with Gasteiger partial charge in [-0.25, -0.2) is 13.2 Å². The highest BCUT2D eigenvalue weighted by Crippen LogP contribution is 2.34. The molecule has 8 heteroatoms. The van der Waals surface area contributed by atoms with Crippen LogP contribution >= 0.6 is 0 Å². The molecule has 112 valence electrons. The maximum absolute atomic E-state index is 13.6. The van der Waals surface area contributed by atoms with Crippen molar-refractivity contribution >= 4 is 17.1 Å². The molecule has 0 aliphatic carbocycles. The third-order valence-electron chi connectivity index (χ3n) is 2.68. The zero-order valence-corrected chi connectivity index (χ0v) is 10.2. The van der Waals surface area contributed by atoms with E-state index in [2.05, 4.69) is 0 Å². The smallest absolute Gasteiger partial charge is 0.397 e. The van der Waals surface area contributed by atoms with Crippen molar-refractivity contribution in [3.63, 3.8) is 0 Å². The highest BCUT2D eigenvalue weighted by atomic mass is 19.4. The molecule has 0 spiro atoms. The number of halogens is 6. The van der Waals surface area contributed by atoms with Gasteiger partial charge < -0.3 is 11.1 Å². The van der Waals surface area contributed by atoms with Crippen LogP contribution in [0.2, 0.25) is 0 Å². The molecule has 2 rings (SSSR count). The highest BCUT2D eigenvalue weighted by Gasteiger charge is 2.31. The van der Waals surface area contributed by atoms with Gasteiger partial charge in [0.2, 0.25) is 0 Å². The van der Waals surface area contributed by atoms with Crippen LogP contribution in [0.25, 0.3) is 0 Å². The summed E-state index contributed by atoms with van der Waals surface area (Å²) < 4.78 is 77.8. The van der Waals surface area contributed by atoms with Crippen molar-refractivity contribution in [3.8, 4) is 0 Å². The summed E-state index contributed by atoms with van der Waals surface area (Å²) in [4.78, 5) is 0. The third-order valence-corrected chi connectivity index (χ3v) is 2.68. The van der Waals surface area contributed by atoms with Crippen LogP contribution in [-0.2, 0) is 6.18 Å². The van der Waals surface area contributed by atoms with Gasteiger partial charge in [-0.15, -0.1) is 0 Å². The molecular weight excluding hydrogens is 298 g/mol. The zero-order valence-electron chi connectivity index (χ0n) is 10.2. The molecule has 21 heavy (non-hydrogen) atoms. The Kier molecular flexibility index (Phi) is 3.71. The molecule has 0 aliphatic heterocycles. The largest absolute Gasteiger partial charge is 0.416 e. The van der Waals surface area contributed by atoms with Crippen molar-refractivity contribution in [1.82, 2.24) is 0 Å². The fourth-order valence-electron chi connectivity index (χ4n) is 1.62. The summed E-state index contributed by atoms with van der Waals surface area (Å²) >= 11 is 0. The predicted octanol–water partition coefficient (Wildman–Crippen LogP) is 4.45. The first kappa shape index (κ1) is 15.0. The van der Waals surface area contributed by atoms with Gasteiger partial charge in [0.05, 0.1) is 16.9 Å². The van der Waals surface area contributed by atoms with Crippen LogP contribution in [0, 0.1) is 17.5 Å². The molecule has 2 nitrogen and oxygen atoms in total. The minimum Gasteiger partial charge on any atom is -0.397 e. The Morgan fingerprint density at radius 1 is 0.905 bits per heavy atom. The summed E-state index contributed by atoms with van der Waals surface area (Å²) in [7, 11) is 0. The maximum atomic E-state index is 13.6. The fourth-order valence-corrected chi connectivity index (χ4v) is 1.62. The van der Waals surface area contributed by atoms with Crippen LogP contribution in [0.4, 0.5) is 43.4 Å². The predicted molar refractivity (Wildman–Crippen MR) is 65.5 cm³/mol. The van der Waals surface area contributed by atoms with Crippen molar-refractivity contribution in [2.75, 3.05) is 11.1 Å². The number of nitrogen functional groups attached to an aromatic ring is 1. The van der Waals surface area contributed by atoms with Crippen LogP contribution in [-0.4, -0.2) is 0 Å². The van der Waals surface area contributed by atoms with Gasteiger partial charge in [-0.05, 0) is 30.3 Å². The van der Waals surface area contributed by atoms with E-state index in [0.29, 0.717) is 18.2 Å². The van der Waals surface area contributed by atoms with E-state index in [1.165, 1.54) is 0 Å². The van der Waals surface area contributed by atoms with Gasteiger partial charge in [0.15, 0.2) is 11.6 Å². The van der Waals surface area contributed by atoms with Crippen molar-refractivity contribution in [2.24, 2.45) is 0 Å². The summed E-state index contributed by atoms with van der Waals surface area (Å²) in [6.07, 6.45) is -4.70. The minimum atomic E-state index is -4.70. The molecule has 0 radical (unpaired) electrons. The van der Waals surface area contributed by atoms with Crippen LogP contribution in [0.5, 0.6) is 0 Å². The Morgan fingerprint density at radius 2 is 1.52 bits per heavy atom. The van der Waals surface area contributed by atoms with Gasteiger partial charge >= 0.3 is 6.18 Å². The molecule has 0 aliphatic rings. The van der Waals surface area contributed by atoms with E-state index in [0.717, 1.165) is 12.1 Å². The molecule has 0 heterocycles. The number of hydrogen-bond donors (Lipinski definition) is 2. The summed E-state index contributed by atoms with van der Waals surface area (Å²) in [5.41, 5.74) is 2.69. The molecule has 0 saturated heterocycles. The van der Waals surface area contributed by atoms with Crippen molar-refractivity contribution < 1.29 is 26.3 Å². The molecule has 0 saturated carbocycles. The minimum absolute atomic E-state index is 0.272. The van der Waals surface area contributed by atoms with E-state index in [-0.39, 0.29) is 5.69 Å². The van der Waals surface area contributed by atoms with Gasteiger partial charge in [0.25, 0.3) is 0 Å². The number of nitrogens with one attached hydrogen (secondary N) is 1. The van der Waals surface area contributed by atoms with E-state index in [1.807, 2.05) is 5.32 Å². The van der Waals surface area contributed by atoms with E-state index in [9.17, 15) is 26.3 Å². The number of alkyl halides is 3. The zero-order chi connectivity index (χ0) is 15.8. The fraction of sp³-hybridized carbons (Fsp3) is 0.0769. The van der Waals surface area contributed by atoms with E-state index >= 15 is 0 Å². The lowest BCUT2D eigenvalue weighted by molar-refractivity contribution is -0.137. The number of hydrogen-bond acceptors (Lipinski definition) is 2. The first-order chi connectivity index (χ1) is 9.70. The normalized spacial score (nSPS) is 11.5. The van der Waals surface area contributed by atoms with Crippen LogP contribution in [0.1, 0.15) is 5.56 Å². The molecule has 0 bridgehead atoms. The summed E-state index contributed by atoms with van der Waals surface area (Å²) in [6, 6.07) is 3.30. The molecule has 3 N–H and O–H groups in total. The average Bonchev–Trinajstić information content (AvgIpc) is 2.40. The third kappa shape index (κ3) is 3.04. The molecule has 0 fully saturated rings. The standard InChI is InChI=1S/C13H8F6N2/c14-7-2-1-6(13(17,18)19)5-10(7)21-12-9(20)4-3-8(15)11(12)16/h1-5,21H,20H2.